The zero-order valence-corrected chi connectivity index (χ0v) is 13.9. The number of amides is 1. The Balaban J connectivity index is 1.69. The first kappa shape index (κ1) is 15.6. The predicted octanol–water partition coefficient (Wildman–Crippen LogP) is 4.87. The van der Waals surface area contributed by atoms with Gasteiger partial charge in [0.2, 0.25) is 0 Å². The zero-order chi connectivity index (χ0) is 17.2. The van der Waals surface area contributed by atoms with E-state index >= 15 is 0 Å². The van der Waals surface area contributed by atoms with Crippen LogP contribution in [-0.4, -0.2) is 11.1 Å². The van der Waals surface area contributed by atoms with Crippen LogP contribution in [0.25, 0.3) is 16.8 Å². The third kappa shape index (κ3) is 3.19. The van der Waals surface area contributed by atoms with Crippen LogP contribution in [-0.2, 0) is 4.79 Å². The van der Waals surface area contributed by atoms with Gasteiger partial charge in [0, 0.05) is 0 Å². The molecule has 3 aromatic carbocycles. The SMILES string of the molecule is O=C1NC(=Nc2ccccc2F)SC1=Cc1cccc2ccccc12. The van der Waals surface area contributed by atoms with E-state index in [-0.39, 0.29) is 11.6 Å². The van der Waals surface area contributed by atoms with Crippen molar-refractivity contribution in [3.05, 3.63) is 83.0 Å². The minimum Gasteiger partial charge on any atom is -0.300 e. The fourth-order valence-corrected chi connectivity index (χ4v) is 3.48. The second-order valence-corrected chi connectivity index (χ2v) is 6.53. The summed E-state index contributed by atoms with van der Waals surface area (Å²) >= 11 is 1.21. The van der Waals surface area contributed by atoms with Gasteiger partial charge >= 0.3 is 0 Å². The van der Waals surface area contributed by atoms with Crippen LogP contribution in [0, 0.1) is 5.82 Å². The molecule has 5 heteroatoms. The number of para-hydroxylation sites is 1. The molecule has 3 aromatic rings. The van der Waals surface area contributed by atoms with Crippen molar-refractivity contribution in [1.82, 2.24) is 5.32 Å². The van der Waals surface area contributed by atoms with Gasteiger partial charge in [0.1, 0.15) is 11.5 Å². The summed E-state index contributed by atoms with van der Waals surface area (Å²) in [4.78, 5) is 17.0. The molecule has 1 amide bonds. The van der Waals surface area contributed by atoms with Crippen molar-refractivity contribution < 1.29 is 9.18 Å². The molecule has 0 spiro atoms. The molecule has 1 aliphatic heterocycles. The highest BCUT2D eigenvalue weighted by molar-refractivity contribution is 8.18. The van der Waals surface area contributed by atoms with Gasteiger partial charge < -0.3 is 5.32 Å². The molecule has 0 aliphatic carbocycles. The number of benzene rings is 3. The van der Waals surface area contributed by atoms with Crippen LogP contribution in [0.3, 0.4) is 0 Å². The van der Waals surface area contributed by atoms with Crippen LogP contribution in [0.1, 0.15) is 5.56 Å². The average molecular weight is 348 g/mol. The maximum Gasteiger partial charge on any atom is 0.264 e. The Morgan fingerprint density at radius 2 is 1.72 bits per heavy atom. The fraction of sp³-hybridized carbons (Fsp3) is 0. The number of hydrogen-bond donors (Lipinski definition) is 1. The van der Waals surface area contributed by atoms with Gasteiger partial charge in [-0.3, -0.25) is 4.79 Å². The maximum absolute atomic E-state index is 13.7. The van der Waals surface area contributed by atoms with Crippen molar-refractivity contribution in [2.75, 3.05) is 0 Å². The summed E-state index contributed by atoms with van der Waals surface area (Å²) in [5, 5.41) is 5.25. The molecule has 25 heavy (non-hydrogen) atoms. The Morgan fingerprint density at radius 3 is 2.60 bits per heavy atom. The van der Waals surface area contributed by atoms with Crippen molar-refractivity contribution in [3.8, 4) is 0 Å². The van der Waals surface area contributed by atoms with E-state index in [0.29, 0.717) is 10.1 Å². The number of carbonyl (C=O) groups is 1. The minimum absolute atomic E-state index is 0.205. The van der Waals surface area contributed by atoms with Gasteiger partial charge in [0.05, 0.1) is 4.91 Å². The standard InChI is InChI=1S/C20H13FN2OS/c21-16-10-3-4-11-17(16)22-20-23-19(24)18(25-20)12-14-8-5-7-13-6-1-2-9-15(13)14/h1-12H,(H,22,23,24). The summed E-state index contributed by atoms with van der Waals surface area (Å²) in [5.41, 5.74) is 1.17. The molecule has 1 aliphatic rings. The number of nitrogens with one attached hydrogen (secondary N) is 1. The summed E-state index contributed by atoms with van der Waals surface area (Å²) in [6.45, 7) is 0. The highest BCUT2D eigenvalue weighted by Gasteiger charge is 2.24. The lowest BCUT2D eigenvalue weighted by Gasteiger charge is -2.02. The highest BCUT2D eigenvalue weighted by atomic mass is 32.2. The van der Waals surface area contributed by atoms with E-state index in [4.69, 9.17) is 0 Å². The van der Waals surface area contributed by atoms with Crippen molar-refractivity contribution in [1.29, 1.82) is 0 Å². The molecule has 0 aromatic heterocycles. The Morgan fingerprint density at radius 1 is 0.960 bits per heavy atom. The van der Waals surface area contributed by atoms with E-state index < -0.39 is 5.82 Å². The predicted molar refractivity (Wildman–Crippen MR) is 101 cm³/mol. The van der Waals surface area contributed by atoms with Gasteiger partial charge in [-0.2, -0.15) is 0 Å². The first-order valence-corrected chi connectivity index (χ1v) is 8.54. The largest absolute Gasteiger partial charge is 0.300 e. The third-order valence-electron chi connectivity index (χ3n) is 3.84. The lowest BCUT2D eigenvalue weighted by molar-refractivity contribution is -0.115. The second-order valence-electron chi connectivity index (χ2n) is 5.50. The molecule has 0 unspecified atom stereocenters. The lowest BCUT2D eigenvalue weighted by atomic mass is 10.0. The van der Waals surface area contributed by atoms with Crippen LogP contribution >= 0.6 is 11.8 Å². The van der Waals surface area contributed by atoms with Gasteiger partial charge in [-0.25, -0.2) is 9.38 Å². The molecule has 1 saturated heterocycles. The number of thioether (sulfide) groups is 1. The van der Waals surface area contributed by atoms with Gasteiger partial charge in [-0.1, -0.05) is 54.6 Å². The first-order valence-electron chi connectivity index (χ1n) is 7.72. The van der Waals surface area contributed by atoms with E-state index in [1.54, 1.807) is 18.2 Å². The Hall–Kier alpha value is -2.92. The van der Waals surface area contributed by atoms with Crippen molar-refractivity contribution in [2.45, 2.75) is 0 Å². The van der Waals surface area contributed by atoms with Crippen LogP contribution in [0.2, 0.25) is 0 Å². The fourth-order valence-electron chi connectivity index (χ4n) is 2.65. The second kappa shape index (κ2) is 6.53. The average Bonchev–Trinajstić information content (AvgIpc) is 2.97. The number of nitrogens with zero attached hydrogens (tertiary/aromatic N) is 1. The van der Waals surface area contributed by atoms with Gasteiger partial charge in [0.15, 0.2) is 5.17 Å². The Kier molecular flexibility index (Phi) is 4.07. The molecule has 0 saturated carbocycles. The molecule has 4 rings (SSSR count). The van der Waals surface area contributed by atoms with Gasteiger partial charge in [-0.15, -0.1) is 0 Å². The summed E-state index contributed by atoms with van der Waals surface area (Å²) in [7, 11) is 0. The minimum atomic E-state index is -0.420. The van der Waals surface area contributed by atoms with Crippen LogP contribution in [0.4, 0.5) is 10.1 Å². The third-order valence-corrected chi connectivity index (χ3v) is 4.75. The zero-order valence-electron chi connectivity index (χ0n) is 13.1. The first-order chi connectivity index (χ1) is 12.2. The molecule has 3 nitrogen and oxygen atoms in total. The molecule has 0 atom stereocenters. The number of fused-ring (bicyclic) bond motifs is 1. The van der Waals surface area contributed by atoms with Crippen molar-refractivity contribution in [2.24, 2.45) is 4.99 Å². The normalized spacial score (nSPS) is 17.4. The van der Waals surface area contributed by atoms with Gasteiger partial charge in [0.25, 0.3) is 5.91 Å². The quantitative estimate of drug-likeness (QED) is 0.671. The molecule has 0 bridgehead atoms. The number of hydrogen-bond acceptors (Lipinski definition) is 3. The molecule has 0 radical (unpaired) electrons. The van der Waals surface area contributed by atoms with E-state index in [1.807, 2.05) is 48.5 Å². The van der Waals surface area contributed by atoms with E-state index in [0.717, 1.165) is 16.3 Å². The Labute approximate surface area is 148 Å². The summed E-state index contributed by atoms with van der Waals surface area (Å²) in [5.74, 6) is -0.649. The van der Waals surface area contributed by atoms with E-state index in [9.17, 15) is 9.18 Å². The number of amidine groups is 1. The van der Waals surface area contributed by atoms with Crippen LogP contribution < -0.4 is 5.32 Å². The summed E-state index contributed by atoms with van der Waals surface area (Å²) in [6, 6.07) is 20.2. The molecule has 1 N–H and O–H groups in total. The van der Waals surface area contributed by atoms with E-state index in [1.165, 1.54) is 17.8 Å². The number of carbonyl (C=O) groups excluding carboxylic acids is 1. The van der Waals surface area contributed by atoms with Crippen LogP contribution in [0.15, 0.2) is 76.6 Å². The number of aliphatic imine (C=N–C) groups is 1. The molecule has 122 valence electrons. The Bertz CT molecular complexity index is 1040. The topological polar surface area (TPSA) is 41.5 Å². The molecule has 1 fully saturated rings. The number of rotatable bonds is 2. The highest BCUT2D eigenvalue weighted by Crippen LogP contribution is 2.30. The monoisotopic (exact) mass is 348 g/mol. The smallest absolute Gasteiger partial charge is 0.264 e. The van der Waals surface area contributed by atoms with Gasteiger partial charge in [-0.05, 0) is 46.3 Å². The molecule has 1 heterocycles. The maximum atomic E-state index is 13.7. The van der Waals surface area contributed by atoms with Crippen molar-refractivity contribution in [3.63, 3.8) is 0 Å². The number of halogens is 1. The summed E-state index contributed by atoms with van der Waals surface area (Å²) < 4.78 is 13.7. The molecular weight excluding hydrogens is 335 g/mol. The van der Waals surface area contributed by atoms with E-state index in [2.05, 4.69) is 10.3 Å². The van der Waals surface area contributed by atoms with Crippen molar-refractivity contribution >= 4 is 45.4 Å². The van der Waals surface area contributed by atoms with Crippen LogP contribution in [0.5, 0.6) is 0 Å². The lowest BCUT2D eigenvalue weighted by Crippen LogP contribution is -2.19. The summed E-state index contributed by atoms with van der Waals surface area (Å²) in [6.07, 6.45) is 1.84. The molecular formula is C20H13FN2OS.